The molecule has 0 N–H and O–H groups in total. The van der Waals surface area contributed by atoms with Crippen molar-refractivity contribution in [3.8, 4) is 0 Å². The van der Waals surface area contributed by atoms with E-state index in [4.69, 9.17) is 13.3 Å². The molecule has 0 spiro atoms. The third-order valence-corrected chi connectivity index (χ3v) is 4.38. The van der Waals surface area contributed by atoms with Gasteiger partial charge >= 0.3 is 8.80 Å². The molecular formula is C11H24O3Si. The van der Waals surface area contributed by atoms with Gasteiger partial charge in [-0.05, 0) is 32.4 Å². The van der Waals surface area contributed by atoms with Gasteiger partial charge in [-0.1, -0.05) is 19.9 Å². The molecule has 0 bridgehead atoms. The maximum absolute atomic E-state index is 5.77. The molecule has 0 rings (SSSR count). The van der Waals surface area contributed by atoms with E-state index in [1.807, 2.05) is 25.6 Å². The van der Waals surface area contributed by atoms with Crippen molar-refractivity contribution in [2.45, 2.75) is 40.5 Å². The Morgan fingerprint density at radius 1 is 0.933 bits per heavy atom. The smallest absolute Gasteiger partial charge is 0.371 e. The third kappa shape index (κ3) is 6.09. The van der Waals surface area contributed by atoms with Crippen molar-refractivity contribution in [1.29, 1.82) is 0 Å². The summed E-state index contributed by atoms with van der Waals surface area (Å²) in [4.78, 5) is 0. The minimum atomic E-state index is -2.52. The van der Waals surface area contributed by atoms with E-state index in [2.05, 4.69) is 13.8 Å². The SMILES string of the molecule is CC=C[Si](OCC)(OCCC)OCCC. The van der Waals surface area contributed by atoms with Crippen LogP contribution in [-0.4, -0.2) is 28.6 Å². The maximum atomic E-state index is 5.77. The molecule has 0 fully saturated rings. The van der Waals surface area contributed by atoms with E-state index in [0.717, 1.165) is 12.8 Å². The predicted molar refractivity (Wildman–Crippen MR) is 64.7 cm³/mol. The van der Waals surface area contributed by atoms with Crippen LogP contribution in [0.4, 0.5) is 0 Å². The van der Waals surface area contributed by atoms with Crippen molar-refractivity contribution in [3.05, 3.63) is 11.8 Å². The molecule has 0 aliphatic rings. The Bertz CT molecular complexity index is 163. The largest absolute Gasteiger partial charge is 0.529 e. The average Bonchev–Trinajstić information content (AvgIpc) is 2.24. The first-order valence-electron chi connectivity index (χ1n) is 5.80. The van der Waals surface area contributed by atoms with Crippen molar-refractivity contribution >= 4 is 8.80 Å². The zero-order valence-corrected chi connectivity index (χ0v) is 11.4. The summed E-state index contributed by atoms with van der Waals surface area (Å²) in [7, 11) is -2.52. The quantitative estimate of drug-likeness (QED) is 0.572. The number of allylic oxidation sites excluding steroid dienone is 1. The minimum Gasteiger partial charge on any atom is -0.371 e. The molecule has 0 aliphatic heterocycles. The van der Waals surface area contributed by atoms with Gasteiger partial charge < -0.3 is 13.3 Å². The molecule has 0 saturated carbocycles. The first-order chi connectivity index (χ1) is 7.24. The van der Waals surface area contributed by atoms with Gasteiger partial charge in [0.2, 0.25) is 0 Å². The highest BCUT2D eigenvalue weighted by molar-refractivity contribution is 6.66. The third-order valence-electron chi connectivity index (χ3n) is 1.73. The molecule has 0 heterocycles. The summed E-state index contributed by atoms with van der Waals surface area (Å²) in [5.41, 5.74) is 1.96. The Morgan fingerprint density at radius 3 is 1.80 bits per heavy atom. The number of rotatable bonds is 9. The molecule has 0 amide bonds. The van der Waals surface area contributed by atoms with Gasteiger partial charge in [0.15, 0.2) is 0 Å². The van der Waals surface area contributed by atoms with E-state index >= 15 is 0 Å². The topological polar surface area (TPSA) is 27.7 Å². The van der Waals surface area contributed by atoms with Gasteiger partial charge in [0.1, 0.15) is 0 Å². The Hall–Kier alpha value is -0.163. The Kier molecular flexibility index (Phi) is 8.99. The van der Waals surface area contributed by atoms with Crippen molar-refractivity contribution in [2.75, 3.05) is 19.8 Å². The molecule has 0 aromatic rings. The first-order valence-corrected chi connectivity index (χ1v) is 7.60. The first kappa shape index (κ1) is 14.8. The van der Waals surface area contributed by atoms with E-state index in [1.54, 1.807) is 0 Å². The fourth-order valence-electron chi connectivity index (χ4n) is 1.16. The fraction of sp³-hybridized carbons (Fsp3) is 0.818. The summed E-state index contributed by atoms with van der Waals surface area (Å²) >= 11 is 0. The fourth-order valence-corrected chi connectivity index (χ4v) is 3.49. The molecule has 3 nitrogen and oxygen atoms in total. The molecule has 0 aromatic heterocycles. The Balaban J connectivity index is 4.40. The number of hydrogen-bond donors (Lipinski definition) is 0. The van der Waals surface area contributed by atoms with Crippen LogP contribution >= 0.6 is 0 Å². The lowest BCUT2D eigenvalue weighted by Gasteiger charge is -2.26. The van der Waals surface area contributed by atoms with Crippen molar-refractivity contribution in [3.63, 3.8) is 0 Å². The summed E-state index contributed by atoms with van der Waals surface area (Å²) in [6.07, 6.45) is 3.91. The van der Waals surface area contributed by atoms with Gasteiger partial charge in [-0.2, -0.15) is 0 Å². The molecule has 0 aromatic carbocycles. The summed E-state index contributed by atoms with van der Waals surface area (Å²) in [5.74, 6) is 0. The second-order valence-electron chi connectivity index (χ2n) is 3.23. The highest BCUT2D eigenvalue weighted by Crippen LogP contribution is 2.13. The molecule has 0 atom stereocenters. The summed E-state index contributed by atoms with van der Waals surface area (Å²) in [6.45, 7) is 10.1. The van der Waals surface area contributed by atoms with Crippen LogP contribution in [-0.2, 0) is 13.3 Å². The van der Waals surface area contributed by atoms with Crippen LogP contribution in [0.3, 0.4) is 0 Å². The van der Waals surface area contributed by atoms with Crippen LogP contribution < -0.4 is 0 Å². The molecular weight excluding hydrogens is 208 g/mol. The molecule has 4 heteroatoms. The van der Waals surface area contributed by atoms with Crippen molar-refractivity contribution in [1.82, 2.24) is 0 Å². The van der Waals surface area contributed by atoms with Crippen molar-refractivity contribution in [2.24, 2.45) is 0 Å². The van der Waals surface area contributed by atoms with Crippen molar-refractivity contribution < 1.29 is 13.3 Å². The number of hydrogen-bond acceptors (Lipinski definition) is 3. The highest BCUT2D eigenvalue weighted by Gasteiger charge is 2.37. The zero-order valence-electron chi connectivity index (χ0n) is 10.4. The molecule has 0 unspecified atom stereocenters. The van der Waals surface area contributed by atoms with Crippen LogP contribution in [0.5, 0.6) is 0 Å². The van der Waals surface area contributed by atoms with Crippen LogP contribution in [0.1, 0.15) is 40.5 Å². The highest BCUT2D eigenvalue weighted by atomic mass is 28.4. The molecule has 0 saturated heterocycles. The molecule has 0 radical (unpaired) electrons. The lowest BCUT2D eigenvalue weighted by molar-refractivity contribution is 0.0756. The second-order valence-corrected chi connectivity index (χ2v) is 5.64. The monoisotopic (exact) mass is 232 g/mol. The molecule has 90 valence electrons. The van der Waals surface area contributed by atoms with Gasteiger partial charge in [-0.25, -0.2) is 0 Å². The van der Waals surface area contributed by atoms with Gasteiger partial charge in [-0.3, -0.25) is 0 Å². The van der Waals surface area contributed by atoms with Gasteiger partial charge in [0.25, 0.3) is 0 Å². The molecule has 15 heavy (non-hydrogen) atoms. The van der Waals surface area contributed by atoms with E-state index in [0.29, 0.717) is 19.8 Å². The summed E-state index contributed by atoms with van der Waals surface area (Å²) in [6, 6.07) is 0. The van der Waals surface area contributed by atoms with Gasteiger partial charge in [0.05, 0.1) is 0 Å². The average molecular weight is 232 g/mol. The zero-order chi connectivity index (χ0) is 11.6. The Labute approximate surface area is 94.8 Å². The van der Waals surface area contributed by atoms with Gasteiger partial charge in [0, 0.05) is 19.8 Å². The van der Waals surface area contributed by atoms with Crippen LogP contribution in [0.25, 0.3) is 0 Å². The van der Waals surface area contributed by atoms with E-state index < -0.39 is 8.80 Å². The van der Waals surface area contributed by atoms with E-state index in [-0.39, 0.29) is 0 Å². The second kappa shape index (κ2) is 9.09. The minimum absolute atomic E-state index is 0.629. The summed E-state index contributed by atoms with van der Waals surface area (Å²) < 4.78 is 17.2. The summed E-state index contributed by atoms with van der Waals surface area (Å²) in [5, 5.41) is 0. The maximum Gasteiger partial charge on any atom is 0.529 e. The normalized spacial score (nSPS) is 12.5. The predicted octanol–water partition coefficient (Wildman–Crippen LogP) is 2.93. The van der Waals surface area contributed by atoms with Crippen LogP contribution in [0.15, 0.2) is 11.8 Å². The molecule has 0 aliphatic carbocycles. The Morgan fingerprint density at radius 2 is 1.47 bits per heavy atom. The van der Waals surface area contributed by atoms with E-state index in [9.17, 15) is 0 Å². The van der Waals surface area contributed by atoms with Crippen LogP contribution in [0, 0.1) is 0 Å². The van der Waals surface area contributed by atoms with E-state index in [1.165, 1.54) is 0 Å². The lowest BCUT2D eigenvalue weighted by atomic mass is 10.5. The van der Waals surface area contributed by atoms with Gasteiger partial charge in [-0.15, -0.1) is 0 Å². The lowest BCUT2D eigenvalue weighted by Crippen LogP contribution is -2.44. The van der Waals surface area contributed by atoms with Crippen LogP contribution in [0.2, 0.25) is 0 Å². The standard InChI is InChI=1S/C11H24O3Si/c1-5-9-13-15(11-7-3,12-8-4)14-10-6-2/h7,11H,5-6,8-10H2,1-4H3.